The van der Waals surface area contributed by atoms with E-state index in [2.05, 4.69) is 11.4 Å². The van der Waals surface area contributed by atoms with E-state index in [0.717, 1.165) is 18.7 Å². The predicted octanol–water partition coefficient (Wildman–Crippen LogP) is 0.298. The number of nitrogens with one attached hydrogen (secondary N) is 1. The van der Waals surface area contributed by atoms with Gasteiger partial charge in [0.1, 0.15) is 0 Å². The number of amides is 1. The number of hydrogen-bond acceptors (Lipinski definition) is 3. The van der Waals surface area contributed by atoms with Gasteiger partial charge < -0.3 is 15.3 Å². The first-order chi connectivity index (χ1) is 8.25. The molecule has 4 heteroatoms. The van der Waals surface area contributed by atoms with E-state index >= 15 is 0 Å². The molecule has 2 atom stereocenters. The first-order valence-electron chi connectivity index (χ1n) is 6.06. The molecule has 2 aliphatic rings. The van der Waals surface area contributed by atoms with E-state index in [4.69, 9.17) is 0 Å². The normalized spacial score (nSPS) is 27.2. The van der Waals surface area contributed by atoms with Gasteiger partial charge in [-0.15, -0.1) is 0 Å². The lowest BCUT2D eigenvalue weighted by molar-refractivity contribution is -0.120. The monoisotopic (exact) mass is 232 g/mol. The van der Waals surface area contributed by atoms with Crippen LogP contribution in [0.1, 0.15) is 12.0 Å². The van der Waals surface area contributed by atoms with Crippen molar-refractivity contribution in [3.8, 4) is 0 Å². The highest BCUT2D eigenvalue weighted by molar-refractivity contribution is 5.99. The zero-order valence-electron chi connectivity index (χ0n) is 9.60. The third kappa shape index (κ3) is 1.83. The van der Waals surface area contributed by atoms with Crippen LogP contribution in [0.2, 0.25) is 0 Å². The number of nitrogens with zero attached hydrogens (tertiary/aromatic N) is 1. The number of hydrogen-bond donors (Lipinski definition) is 2. The molecule has 4 nitrogen and oxygen atoms in total. The van der Waals surface area contributed by atoms with E-state index in [9.17, 15) is 9.90 Å². The summed E-state index contributed by atoms with van der Waals surface area (Å²) >= 11 is 0. The molecule has 17 heavy (non-hydrogen) atoms. The smallest absolute Gasteiger partial charge is 0.244 e. The average Bonchev–Trinajstić information content (AvgIpc) is 2.94. The molecule has 0 radical (unpaired) electrons. The zero-order valence-corrected chi connectivity index (χ0v) is 9.60. The lowest BCUT2D eigenvalue weighted by Crippen LogP contribution is -2.42. The molecule has 2 N–H and O–H groups in total. The standard InChI is InChI=1S/C13H16N2O2/c16-10-7-11(14-8-10)13(17)15-6-5-9-3-1-2-4-12(9)15/h1-4,10-11,14,16H,5-8H2/t10-,11+/m1/s1. The molecular weight excluding hydrogens is 216 g/mol. The van der Waals surface area contributed by atoms with Gasteiger partial charge in [-0.25, -0.2) is 0 Å². The molecule has 2 aliphatic heterocycles. The number of aliphatic hydroxyl groups is 1. The molecule has 0 spiro atoms. The Morgan fingerprint density at radius 2 is 2.24 bits per heavy atom. The summed E-state index contributed by atoms with van der Waals surface area (Å²) in [6.07, 6.45) is 1.07. The van der Waals surface area contributed by atoms with E-state index in [0.29, 0.717) is 13.0 Å². The molecule has 90 valence electrons. The Balaban J connectivity index is 1.80. The van der Waals surface area contributed by atoms with Crippen molar-refractivity contribution in [3.05, 3.63) is 29.8 Å². The number of anilines is 1. The molecule has 0 unspecified atom stereocenters. The van der Waals surface area contributed by atoms with Crippen LogP contribution < -0.4 is 10.2 Å². The Morgan fingerprint density at radius 3 is 3.00 bits per heavy atom. The second-order valence-corrected chi connectivity index (χ2v) is 4.72. The summed E-state index contributed by atoms with van der Waals surface area (Å²) in [5, 5.41) is 12.5. The van der Waals surface area contributed by atoms with Gasteiger partial charge in [0, 0.05) is 18.8 Å². The van der Waals surface area contributed by atoms with Gasteiger partial charge >= 0.3 is 0 Å². The highest BCUT2D eigenvalue weighted by atomic mass is 16.3. The maximum Gasteiger partial charge on any atom is 0.244 e. The van der Waals surface area contributed by atoms with Gasteiger partial charge in [-0.3, -0.25) is 4.79 Å². The van der Waals surface area contributed by atoms with E-state index in [1.54, 1.807) is 0 Å². The summed E-state index contributed by atoms with van der Waals surface area (Å²) in [6.45, 7) is 1.28. The molecule has 3 rings (SSSR count). The molecule has 1 fully saturated rings. The quantitative estimate of drug-likeness (QED) is 0.732. The maximum absolute atomic E-state index is 12.3. The predicted molar refractivity (Wildman–Crippen MR) is 64.9 cm³/mol. The summed E-state index contributed by atoms with van der Waals surface area (Å²) in [7, 11) is 0. The Hall–Kier alpha value is -1.39. The van der Waals surface area contributed by atoms with Crippen LogP contribution in [0.4, 0.5) is 5.69 Å². The van der Waals surface area contributed by atoms with Gasteiger partial charge in [-0.2, -0.15) is 0 Å². The molecule has 1 aromatic rings. The van der Waals surface area contributed by atoms with Gasteiger partial charge in [0.05, 0.1) is 12.1 Å². The number of fused-ring (bicyclic) bond motifs is 1. The average molecular weight is 232 g/mol. The van der Waals surface area contributed by atoms with Crippen molar-refractivity contribution in [1.82, 2.24) is 5.32 Å². The number of aliphatic hydroxyl groups excluding tert-OH is 1. The number of carbonyl (C=O) groups is 1. The second kappa shape index (κ2) is 4.13. The van der Waals surface area contributed by atoms with Gasteiger partial charge in [0.15, 0.2) is 0 Å². The van der Waals surface area contributed by atoms with Crippen LogP contribution in [0.3, 0.4) is 0 Å². The van der Waals surface area contributed by atoms with Crippen LogP contribution in [0.25, 0.3) is 0 Å². The largest absolute Gasteiger partial charge is 0.392 e. The van der Waals surface area contributed by atoms with Crippen LogP contribution in [0.5, 0.6) is 0 Å². The van der Waals surface area contributed by atoms with E-state index < -0.39 is 0 Å². The Labute approximate surface area is 100 Å². The van der Waals surface area contributed by atoms with Crippen molar-refractivity contribution in [3.63, 3.8) is 0 Å². The van der Waals surface area contributed by atoms with Crippen molar-refractivity contribution in [1.29, 1.82) is 0 Å². The fourth-order valence-corrected chi connectivity index (χ4v) is 2.66. The number of β-amino-alcohol motifs (C(OH)–C–C–N with tert-alkyl or cyclic N) is 1. The van der Waals surface area contributed by atoms with Crippen molar-refractivity contribution in [2.75, 3.05) is 18.0 Å². The third-order valence-corrected chi connectivity index (χ3v) is 3.56. The fraction of sp³-hybridized carbons (Fsp3) is 0.462. The first-order valence-corrected chi connectivity index (χ1v) is 6.06. The zero-order chi connectivity index (χ0) is 11.8. The summed E-state index contributed by atoms with van der Waals surface area (Å²) < 4.78 is 0. The molecule has 2 heterocycles. The minimum Gasteiger partial charge on any atom is -0.392 e. The van der Waals surface area contributed by atoms with Gasteiger partial charge in [-0.05, 0) is 24.5 Å². The SMILES string of the molecule is O=C([C@@H]1C[C@@H](O)CN1)N1CCc2ccccc21. The van der Waals surface area contributed by atoms with Crippen molar-refractivity contribution < 1.29 is 9.90 Å². The van der Waals surface area contributed by atoms with Crippen LogP contribution in [0, 0.1) is 0 Å². The molecule has 0 saturated carbocycles. The molecule has 1 amide bonds. The Bertz CT molecular complexity index is 447. The van der Waals surface area contributed by atoms with Gasteiger partial charge in [0.2, 0.25) is 5.91 Å². The van der Waals surface area contributed by atoms with E-state index in [1.807, 2.05) is 23.1 Å². The fourth-order valence-electron chi connectivity index (χ4n) is 2.66. The first kappa shape index (κ1) is 10.7. The van der Waals surface area contributed by atoms with Crippen molar-refractivity contribution in [2.24, 2.45) is 0 Å². The Kier molecular flexibility index (Phi) is 2.61. The van der Waals surface area contributed by atoms with Crippen LogP contribution >= 0.6 is 0 Å². The van der Waals surface area contributed by atoms with Gasteiger partial charge in [0.25, 0.3) is 0 Å². The van der Waals surface area contributed by atoms with Crippen LogP contribution in [-0.4, -0.2) is 36.2 Å². The molecule has 0 aliphatic carbocycles. The summed E-state index contributed by atoms with van der Waals surface area (Å²) in [5.41, 5.74) is 2.26. The van der Waals surface area contributed by atoms with Gasteiger partial charge in [-0.1, -0.05) is 18.2 Å². The number of rotatable bonds is 1. The van der Waals surface area contributed by atoms with Crippen molar-refractivity contribution >= 4 is 11.6 Å². The molecule has 0 bridgehead atoms. The van der Waals surface area contributed by atoms with Crippen LogP contribution in [-0.2, 0) is 11.2 Å². The highest BCUT2D eigenvalue weighted by Gasteiger charge is 2.34. The molecule has 1 saturated heterocycles. The summed E-state index contributed by atoms with van der Waals surface area (Å²) in [4.78, 5) is 14.1. The summed E-state index contributed by atoms with van der Waals surface area (Å²) in [6, 6.07) is 7.80. The van der Waals surface area contributed by atoms with E-state index in [1.165, 1.54) is 5.56 Å². The highest BCUT2D eigenvalue weighted by Crippen LogP contribution is 2.28. The van der Waals surface area contributed by atoms with Crippen molar-refractivity contribution in [2.45, 2.75) is 25.0 Å². The second-order valence-electron chi connectivity index (χ2n) is 4.72. The van der Waals surface area contributed by atoms with Crippen LogP contribution in [0.15, 0.2) is 24.3 Å². The minimum atomic E-state index is -0.387. The number of para-hydroxylation sites is 1. The number of carbonyl (C=O) groups excluding carboxylic acids is 1. The third-order valence-electron chi connectivity index (χ3n) is 3.56. The molecule has 0 aromatic heterocycles. The Morgan fingerprint density at radius 1 is 1.41 bits per heavy atom. The molecular formula is C13H16N2O2. The number of benzene rings is 1. The topological polar surface area (TPSA) is 52.6 Å². The molecule has 1 aromatic carbocycles. The van der Waals surface area contributed by atoms with E-state index in [-0.39, 0.29) is 18.1 Å². The minimum absolute atomic E-state index is 0.0894. The lowest BCUT2D eigenvalue weighted by Gasteiger charge is -2.21. The maximum atomic E-state index is 12.3. The summed E-state index contributed by atoms with van der Waals surface area (Å²) in [5.74, 6) is 0.0894. The lowest BCUT2D eigenvalue weighted by atomic mass is 10.1.